The number of hydrogen-bond donors (Lipinski definition) is 0. The average molecular weight is 214 g/mol. The summed E-state index contributed by atoms with van der Waals surface area (Å²) in [5.74, 6) is 0.987. The molecule has 0 amide bonds. The summed E-state index contributed by atoms with van der Waals surface area (Å²) in [6.45, 7) is 4.68. The zero-order chi connectivity index (χ0) is 8.32. The van der Waals surface area contributed by atoms with Gasteiger partial charge in [-0.05, 0) is 0 Å². The standard InChI is InChI=1S/C10H19As/c1-3-9-7-5-6-8-10(9,11)4-2/h9H,3-8H2,1-2H3. The second-order valence-corrected chi connectivity index (χ2v) is 5.68. The van der Waals surface area contributed by atoms with E-state index in [2.05, 4.69) is 30.7 Å². The van der Waals surface area contributed by atoms with Crippen molar-refractivity contribution in [3.05, 3.63) is 0 Å². The maximum absolute atomic E-state index is 2.96. The molecule has 0 N–H and O–H groups in total. The molecule has 0 saturated heterocycles. The Morgan fingerprint density at radius 2 is 2.09 bits per heavy atom. The molecule has 1 saturated carbocycles. The van der Waals surface area contributed by atoms with Crippen molar-refractivity contribution in [1.29, 1.82) is 0 Å². The summed E-state index contributed by atoms with van der Waals surface area (Å²) in [6.07, 6.45) is 8.58. The van der Waals surface area contributed by atoms with E-state index in [1.807, 2.05) is 0 Å². The van der Waals surface area contributed by atoms with Crippen LogP contribution in [0.5, 0.6) is 0 Å². The molecule has 1 aliphatic carbocycles. The number of rotatable bonds is 2. The average Bonchev–Trinajstić information content (AvgIpc) is 2.05. The Bertz CT molecular complexity index is 122. The van der Waals surface area contributed by atoms with Crippen molar-refractivity contribution in [3.63, 3.8) is 0 Å². The van der Waals surface area contributed by atoms with Crippen molar-refractivity contribution in [2.24, 2.45) is 5.92 Å². The van der Waals surface area contributed by atoms with E-state index >= 15 is 0 Å². The van der Waals surface area contributed by atoms with E-state index in [4.69, 9.17) is 0 Å². The van der Waals surface area contributed by atoms with Gasteiger partial charge in [0, 0.05) is 0 Å². The minimum absolute atomic E-state index is 0.625. The van der Waals surface area contributed by atoms with E-state index in [9.17, 15) is 0 Å². The van der Waals surface area contributed by atoms with Gasteiger partial charge >= 0.3 is 79.3 Å². The Morgan fingerprint density at radius 3 is 2.55 bits per heavy atom. The van der Waals surface area contributed by atoms with Crippen LogP contribution in [-0.4, -0.2) is 16.9 Å². The van der Waals surface area contributed by atoms with Crippen molar-refractivity contribution >= 4 is 16.9 Å². The Morgan fingerprint density at radius 1 is 1.36 bits per heavy atom. The van der Waals surface area contributed by atoms with Crippen LogP contribution in [0.1, 0.15) is 52.4 Å². The van der Waals surface area contributed by atoms with Crippen LogP contribution in [0, 0.1) is 5.92 Å². The van der Waals surface area contributed by atoms with Gasteiger partial charge in [-0.3, -0.25) is 0 Å². The van der Waals surface area contributed by atoms with Crippen LogP contribution in [0.2, 0.25) is 4.20 Å². The molecule has 1 rings (SSSR count). The van der Waals surface area contributed by atoms with Crippen LogP contribution in [0.15, 0.2) is 0 Å². The molecular formula is C10H19As. The van der Waals surface area contributed by atoms with Crippen LogP contribution in [-0.2, 0) is 0 Å². The normalized spacial score (nSPS) is 39.0. The molecular weight excluding hydrogens is 195 g/mol. The van der Waals surface area contributed by atoms with E-state index in [-0.39, 0.29) is 0 Å². The van der Waals surface area contributed by atoms with E-state index in [0.29, 0.717) is 4.20 Å². The van der Waals surface area contributed by atoms with Gasteiger partial charge in [0.1, 0.15) is 0 Å². The summed E-state index contributed by atoms with van der Waals surface area (Å²) in [4.78, 5) is 0. The zero-order valence-electron chi connectivity index (χ0n) is 7.77. The zero-order valence-corrected chi connectivity index (χ0v) is 9.64. The van der Waals surface area contributed by atoms with Crippen LogP contribution < -0.4 is 0 Å². The molecule has 0 heterocycles. The second kappa shape index (κ2) is 3.99. The molecule has 0 aromatic carbocycles. The number of hydrogen-bond acceptors (Lipinski definition) is 0. The van der Waals surface area contributed by atoms with Gasteiger partial charge in [0.05, 0.1) is 0 Å². The molecule has 2 radical (unpaired) electrons. The molecule has 0 aromatic heterocycles. The molecule has 0 aromatic rings. The van der Waals surface area contributed by atoms with E-state index in [1.54, 1.807) is 0 Å². The molecule has 0 bridgehead atoms. The summed E-state index contributed by atoms with van der Waals surface area (Å²) in [5, 5.41) is 0. The predicted molar refractivity (Wildman–Crippen MR) is 51.0 cm³/mol. The molecule has 1 fully saturated rings. The first kappa shape index (κ1) is 9.64. The molecule has 11 heavy (non-hydrogen) atoms. The summed E-state index contributed by atoms with van der Waals surface area (Å²) in [7, 11) is 0. The van der Waals surface area contributed by atoms with Gasteiger partial charge in [0.2, 0.25) is 0 Å². The fourth-order valence-corrected chi connectivity index (χ4v) is 3.33. The van der Waals surface area contributed by atoms with Gasteiger partial charge in [-0.15, -0.1) is 0 Å². The minimum atomic E-state index is 0.625. The van der Waals surface area contributed by atoms with E-state index in [1.165, 1.54) is 38.5 Å². The van der Waals surface area contributed by atoms with Crippen molar-refractivity contribution in [2.45, 2.75) is 56.6 Å². The summed E-state index contributed by atoms with van der Waals surface area (Å²) < 4.78 is 0.625. The molecule has 0 aliphatic heterocycles. The van der Waals surface area contributed by atoms with Crippen molar-refractivity contribution < 1.29 is 0 Å². The van der Waals surface area contributed by atoms with Gasteiger partial charge in [-0.2, -0.15) is 0 Å². The first-order chi connectivity index (χ1) is 5.23. The monoisotopic (exact) mass is 214 g/mol. The van der Waals surface area contributed by atoms with Gasteiger partial charge in [-0.25, -0.2) is 0 Å². The Hall–Kier alpha value is 0.558. The fourth-order valence-electron chi connectivity index (χ4n) is 2.34. The van der Waals surface area contributed by atoms with Gasteiger partial charge in [-0.1, -0.05) is 0 Å². The molecule has 2 unspecified atom stereocenters. The van der Waals surface area contributed by atoms with Gasteiger partial charge in [0.25, 0.3) is 0 Å². The molecule has 1 heteroatoms. The third kappa shape index (κ3) is 2.02. The Kier molecular flexibility index (Phi) is 3.49. The quantitative estimate of drug-likeness (QED) is 0.618. The van der Waals surface area contributed by atoms with Crippen LogP contribution in [0.4, 0.5) is 0 Å². The van der Waals surface area contributed by atoms with Crippen LogP contribution in [0.3, 0.4) is 0 Å². The molecule has 64 valence electrons. The summed E-state index contributed by atoms with van der Waals surface area (Å²) in [5.41, 5.74) is 0. The maximum atomic E-state index is 2.96. The fraction of sp³-hybridized carbons (Fsp3) is 1.00. The first-order valence-electron chi connectivity index (χ1n) is 4.95. The molecule has 1 aliphatic rings. The van der Waals surface area contributed by atoms with Gasteiger partial charge in [0.15, 0.2) is 0 Å². The summed E-state index contributed by atoms with van der Waals surface area (Å²) >= 11 is 2.96. The molecule has 0 spiro atoms. The first-order valence-corrected chi connectivity index (χ1v) is 5.89. The van der Waals surface area contributed by atoms with E-state index in [0.717, 1.165) is 5.92 Å². The van der Waals surface area contributed by atoms with Gasteiger partial charge < -0.3 is 0 Å². The third-order valence-electron chi connectivity index (χ3n) is 3.28. The molecule has 2 atom stereocenters. The van der Waals surface area contributed by atoms with Crippen molar-refractivity contribution in [1.82, 2.24) is 0 Å². The third-order valence-corrected chi connectivity index (χ3v) is 5.18. The van der Waals surface area contributed by atoms with Crippen molar-refractivity contribution in [2.75, 3.05) is 0 Å². The topological polar surface area (TPSA) is 0 Å². The SMILES string of the molecule is CCC1CCCCC1([As])CC. The van der Waals surface area contributed by atoms with E-state index < -0.39 is 0 Å². The van der Waals surface area contributed by atoms with Crippen LogP contribution in [0.25, 0.3) is 0 Å². The Labute approximate surface area is 79.6 Å². The Balaban J connectivity index is 2.57. The summed E-state index contributed by atoms with van der Waals surface area (Å²) in [6, 6.07) is 0. The van der Waals surface area contributed by atoms with Crippen LogP contribution >= 0.6 is 0 Å². The molecule has 0 nitrogen and oxygen atoms in total. The van der Waals surface area contributed by atoms with Crippen molar-refractivity contribution in [3.8, 4) is 0 Å². The predicted octanol–water partition coefficient (Wildman–Crippen LogP) is 3.32. The second-order valence-electron chi connectivity index (χ2n) is 3.81.